The van der Waals surface area contributed by atoms with Gasteiger partial charge in [-0.1, -0.05) is 23.7 Å². The van der Waals surface area contributed by atoms with Gasteiger partial charge in [-0.3, -0.25) is 0 Å². The van der Waals surface area contributed by atoms with Crippen LogP contribution in [0, 0.1) is 55.4 Å². The monoisotopic (exact) mass is 173 g/mol. The molecule has 0 heteroatoms. The van der Waals surface area contributed by atoms with Gasteiger partial charge in [0, 0.05) is 17.2 Å². The highest BCUT2D eigenvalue weighted by molar-refractivity contribution is 5.60. The van der Waals surface area contributed by atoms with Crippen molar-refractivity contribution in [3.05, 3.63) is 34.4 Å². The van der Waals surface area contributed by atoms with Crippen LogP contribution >= 0.6 is 0 Å². The molecule has 0 spiro atoms. The Balaban J connectivity index is 3.65. The molecule has 0 aliphatic rings. The highest BCUT2D eigenvalue weighted by atomic mass is 14.0. The van der Waals surface area contributed by atoms with Crippen LogP contribution in [0.4, 0.5) is 0 Å². The van der Waals surface area contributed by atoms with Crippen LogP contribution in [0.2, 0.25) is 0 Å². The minimum Gasteiger partial charge on any atom is -0.115 e. The summed E-state index contributed by atoms with van der Waals surface area (Å²) >= 11 is 0. The Labute approximate surface area is 84.3 Å². The summed E-state index contributed by atoms with van der Waals surface area (Å²) in [5, 5.41) is 0. The van der Waals surface area contributed by atoms with E-state index in [-0.39, 0.29) is 0 Å². The molecule has 1 rings (SSSR count). The van der Waals surface area contributed by atoms with E-state index in [1.807, 2.05) is 0 Å². The first-order chi connectivity index (χ1) is 6.76. The topological polar surface area (TPSA) is 0 Å². The van der Waals surface area contributed by atoms with E-state index < -0.39 is 0 Å². The fraction of sp³-hybridized carbons (Fsp3) is 0. The van der Waals surface area contributed by atoms with E-state index in [2.05, 4.69) is 29.7 Å². The molecule has 61 valence electrons. The Hall–Kier alpha value is -2.54. The van der Waals surface area contributed by atoms with Crippen LogP contribution in [0.25, 0.3) is 0 Å². The molecule has 0 nitrogen and oxygen atoms in total. The summed E-state index contributed by atoms with van der Waals surface area (Å²) in [6.07, 6.45) is 21.0. The molecule has 1 aromatic carbocycles. The fourth-order valence-corrected chi connectivity index (χ4v) is 1.03. The minimum atomic E-state index is 0.441. The van der Waals surface area contributed by atoms with Crippen molar-refractivity contribution < 1.29 is 0 Å². The largest absolute Gasteiger partial charge is 0.115 e. The summed E-state index contributed by atoms with van der Waals surface area (Å²) in [6, 6.07) is 4.45. The average molecular weight is 173 g/mol. The zero-order valence-electron chi connectivity index (χ0n) is 7.39. The van der Waals surface area contributed by atoms with E-state index in [4.69, 9.17) is 25.7 Å². The predicted molar refractivity (Wildman–Crippen MR) is 57.0 cm³/mol. The lowest BCUT2D eigenvalue weighted by Gasteiger charge is -2.01. The van der Waals surface area contributed by atoms with Crippen LogP contribution in [0.3, 0.4) is 0 Å². The van der Waals surface area contributed by atoms with Crippen molar-refractivity contribution >= 4 is 0 Å². The second kappa shape index (κ2) is 3.92. The summed E-state index contributed by atoms with van der Waals surface area (Å²) in [5.74, 6) is 9.69. The number of hydrogen-bond acceptors (Lipinski definition) is 0. The normalized spacial score (nSPS) is 7.71. The van der Waals surface area contributed by atoms with E-state index in [1.54, 1.807) is 6.07 Å². The van der Waals surface area contributed by atoms with E-state index in [0.717, 1.165) is 0 Å². The van der Waals surface area contributed by atoms with Crippen molar-refractivity contribution in [2.24, 2.45) is 0 Å². The Morgan fingerprint density at radius 3 is 2.07 bits per heavy atom. The summed E-state index contributed by atoms with van der Waals surface area (Å²) < 4.78 is 0. The Bertz CT molecular complexity index is 496. The third kappa shape index (κ3) is 1.47. The molecule has 0 aromatic heterocycles. The van der Waals surface area contributed by atoms with E-state index in [9.17, 15) is 0 Å². The molecule has 0 aliphatic heterocycles. The lowest BCUT2D eigenvalue weighted by molar-refractivity contribution is 1.50. The third-order valence-electron chi connectivity index (χ3n) is 1.67. The second-order valence-corrected chi connectivity index (χ2v) is 2.42. The molecule has 0 atom stereocenters. The summed E-state index contributed by atoms with van der Waals surface area (Å²) in [5.41, 5.74) is 1.99. The van der Waals surface area contributed by atoms with Gasteiger partial charge in [0.1, 0.15) is 0 Å². The van der Waals surface area contributed by atoms with Gasteiger partial charge in [-0.15, -0.1) is 25.7 Å². The van der Waals surface area contributed by atoms with Crippen LogP contribution in [0.15, 0.2) is 6.07 Å². The first kappa shape index (κ1) is 9.55. The third-order valence-corrected chi connectivity index (χ3v) is 1.67. The predicted octanol–water partition coefficient (Wildman–Crippen LogP) is 1.41. The maximum Gasteiger partial charge on any atom is 0.0562 e. The van der Waals surface area contributed by atoms with Gasteiger partial charge in [-0.25, -0.2) is 0 Å². The van der Waals surface area contributed by atoms with Crippen molar-refractivity contribution in [1.29, 1.82) is 0 Å². The van der Waals surface area contributed by atoms with Gasteiger partial charge >= 0.3 is 0 Å². The first-order valence-corrected chi connectivity index (χ1v) is 3.73. The van der Waals surface area contributed by atoms with Gasteiger partial charge in [0.2, 0.25) is 0 Å². The lowest BCUT2D eigenvalue weighted by Crippen LogP contribution is -1.92. The Kier molecular flexibility index (Phi) is 2.67. The van der Waals surface area contributed by atoms with Gasteiger partial charge in [0.15, 0.2) is 0 Å². The SMILES string of the molecule is C#Cc1[c]c(C#C)c(C#C)c(C#C)c1. The maximum atomic E-state index is 5.28. The van der Waals surface area contributed by atoms with Gasteiger partial charge < -0.3 is 0 Å². The smallest absolute Gasteiger partial charge is 0.0562 e. The average Bonchev–Trinajstić information content (AvgIpc) is 2.26. The number of hydrogen-bond donors (Lipinski definition) is 0. The molecular weight excluding hydrogens is 168 g/mol. The molecule has 14 heavy (non-hydrogen) atoms. The minimum absolute atomic E-state index is 0.441. The molecular formula is C14H5. The summed E-state index contributed by atoms with van der Waals surface area (Å²) in [6.45, 7) is 0. The molecule has 0 bridgehead atoms. The lowest BCUT2D eigenvalue weighted by atomic mass is 9.99. The first-order valence-electron chi connectivity index (χ1n) is 3.73. The van der Waals surface area contributed by atoms with Crippen LogP contribution in [-0.2, 0) is 0 Å². The molecule has 1 radical (unpaired) electrons. The standard InChI is InChI=1S/C14H5/c1-5-11-9-12(6-2)14(8-4)13(7-3)10-11/h1-4,9H. The number of rotatable bonds is 0. The van der Waals surface area contributed by atoms with E-state index in [0.29, 0.717) is 22.3 Å². The molecule has 0 heterocycles. The molecule has 0 amide bonds. The number of benzene rings is 1. The highest BCUT2D eigenvalue weighted by Gasteiger charge is 2.05. The van der Waals surface area contributed by atoms with Gasteiger partial charge in [0.05, 0.1) is 11.1 Å². The molecule has 0 saturated heterocycles. The fourth-order valence-electron chi connectivity index (χ4n) is 1.03. The van der Waals surface area contributed by atoms with Crippen molar-refractivity contribution in [3.63, 3.8) is 0 Å². The Morgan fingerprint density at radius 2 is 1.64 bits per heavy atom. The quantitative estimate of drug-likeness (QED) is 0.520. The summed E-state index contributed by atoms with van der Waals surface area (Å²) in [7, 11) is 0. The van der Waals surface area contributed by atoms with Crippen LogP contribution in [0.1, 0.15) is 22.3 Å². The van der Waals surface area contributed by atoms with E-state index >= 15 is 0 Å². The Morgan fingerprint density at radius 1 is 0.929 bits per heavy atom. The second-order valence-electron chi connectivity index (χ2n) is 2.42. The molecule has 0 aliphatic carbocycles. The van der Waals surface area contributed by atoms with Gasteiger partial charge in [-0.05, 0) is 6.07 Å². The number of terminal acetylenes is 4. The molecule has 1 aromatic rings. The van der Waals surface area contributed by atoms with Crippen molar-refractivity contribution in [3.8, 4) is 49.4 Å². The summed E-state index contributed by atoms with van der Waals surface area (Å²) in [4.78, 5) is 0. The molecule has 0 fully saturated rings. The highest BCUT2D eigenvalue weighted by Crippen LogP contribution is 2.14. The van der Waals surface area contributed by atoms with E-state index in [1.165, 1.54) is 0 Å². The molecule has 0 saturated carbocycles. The van der Waals surface area contributed by atoms with Crippen LogP contribution in [-0.4, -0.2) is 0 Å². The molecule has 0 N–H and O–H groups in total. The van der Waals surface area contributed by atoms with Crippen molar-refractivity contribution in [2.75, 3.05) is 0 Å². The molecule has 0 unspecified atom stereocenters. The zero-order valence-corrected chi connectivity index (χ0v) is 7.39. The zero-order chi connectivity index (χ0) is 10.6. The van der Waals surface area contributed by atoms with Crippen LogP contribution in [0.5, 0.6) is 0 Å². The van der Waals surface area contributed by atoms with Gasteiger partial charge in [-0.2, -0.15) is 0 Å². The van der Waals surface area contributed by atoms with Crippen molar-refractivity contribution in [2.45, 2.75) is 0 Å². The maximum absolute atomic E-state index is 5.28. The van der Waals surface area contributed by atoms with Gasteiger partial charge in [0.25, 0.3) is 0 Å². The van der Waals surface area contributed by atoms with Crippen molar-refractivity contribution in [1.82, 2.24) is 0 Å². The van der Waals surface area contributed by atoms with Crippen LogP contribution < -0.4 is 0 Å².